The number of hydrogen-bond donors (Lipinski definition) is 2. The number of ether oxygens (including phenoxy) is 1. The largest absolute Gasteiger partial charge is 0.492 e. The molecule has 0 saturated heterocycles. The van der Waals surface area contributed by atoms with Crippen LogP contribution in [0.1, 0.15) is 12.6 Å². The van der Waals surface area contributed by atoms with E-state index in [4.69, 9.17) is 16.3 Å². The topological polar surface area (TPSA) is 58.5 Å². The number of hydrogen-bond acceptors (Lipinski definition) is 3. The molecule has 0 unspecified atom stereocenters. The van der Waals surface area contributed by atoms with Crippen molar-refractivity contribution in [3.05, 3.63) is 59.4 Å². The van der Waals surface area contributed by atoms with Crippen molar-refractivity contribution >= 4 is 17.6 Å². The van der Waals surface area contributed by atoms with E-state index in [1.165, 1.54) is 0 Å². The van der Waals surface area contributed by atoms with Crippen LogP contribution in [0.5, 0.6) is 5.75 Å². The molecule has 1 aromatic heterocycles. The lowest BCUT2D eigenvalue weighted by atomic mass is 10.3. The van der Waals surface area contributed by atoms with Crippen LogP contribution in [0.15, 0.2) is 53.7 Å². The van der Waals surface area contributed by atoms with E-state index < -0.39 is 0 Å². The first kappa shape index (κ1) is 17.1. The van der Waals surface area contributed by atoms with E-state index in [9.17, 15) is 0 Å². The van der Waals surface area contributed by atoms with Crippen molar-refractivity contribution < 1.29 is 4.74 Å². The smallest absolute Gasteiger partial charge is 0.191 e. The van der Waals surface area contributed by atoms with Gasteiger partial charge in [0.1, 0.15) is 12.4 Å². The van der Waals surface area contributed by atoms with Gasteiger partial charge in [-0.25, -0.2) is 4.99 Å². The quantitative estimate of drug-likeness (QED) is 0.465. The highest BCUT2D eigenvalue weighted by Gasteiger charge is 1.99. The molecule has 0 saturated carbocycles. The number of rotatable bonds is 7. The molecule has 1 heterocycles. The highest BCUT2D eigenvalue weighted by atomic mass is 35.5. The summed E-state index contributed by atoms with van der Waals surface area (Å²) in [4.78, 5) is 8.75. The number of guanidine groups is 1. The van der Waals surface area contributed by atoms with E-state index in [1.54, 1.807) is 6.20 Å². The molecule has 0 amide bonds. The minimum atomic E-state index is 0.536. The van der Waals surface area contributed by atoms with Gasteiger partial charge in [-0.1, -0.05) is 17.7 Å². The average Bonchev–Trinajstić information content (AvgIpc) is 2.59. The Balaban J connectivity index is 1.76. The summed E-state index contributed by atoms with van der Waals surface area (Å²) in [6, 6.07) is 13.1. The van der Waals surface area contributed by atoms with Gasteiger partial charge in [-0.05, 0) is 43.3 Å². The number of halogens is 1. The van der Waals surface area contributed by atoms with Crippen LogP contribution < -0.4 is 15.4 Å². The van der Waals surface area contributed by atoms with Crippen LogP contribution in [-0.2, 0) is 6.54 Å². The Morgan fingerprint density at radius 1 is 1.17 bits per heavy atom. The SMILES string of the molecule is CCNC(=NCc1ccccn1)NCCOc1ccc(Cl)cc1. The Kier molecular flexibility index (Phi) is 7.20. The molecule has 0 aliphatic heterocycles. The van der Waals surface area contributed by atoms with Gasteiger partial charge >= 0.3 is 0 Å². The van der Waals surface area contributed by atoms with Crippen molar-refractivity contribution in [2.45, 2.75) is 13.5 Å². The van der Waals surface area contributed by atoms with Crippen molar-refractivity contribution in [1.82, 2.24) is 15.6 Å². The molecule has 0 bridgehead atoms. The van der Waals surface area contributed by atoms with Crippen LogP contribution in [0, 0.1) is 0 Å². The third-order valence-electron chi connectivity index (χ3n) is 2.95. The Labute approximate surface area is 141 Å². The van der Waals surface area contributed by atoms with E-state index in [2.05, 4.69) is 20.6 Å². The van der Waals surface area contributed by atoms with Gasteiger partial charge in [0.05, 0.1) is 18.8 Å². The number of pyridine rings is 1. The van der Waals surface area contributed by atoms with Gasteiger partial charge in [0.25, 0.3) is 0 Å². The number of aromatic nitrogens is 1. The zero-order valence-electron chi connectivity index (χ0n) is 13.1. The fourth-order valence-electron chi connectivity index (χ4n) is 1.86. The van der Waals surface area contributed by atoms with E-state index in [0.717, 1.165) is 23.9 Å². The molecule has 23 heavy (non-hydrogen) atoms. The standard InChI is InChI=1S/C17H21ClN4O/c1-2-19-17(22-13-15-5-3-4-10-20-15)21-11-12-23-16-8-6-14(18)7-9-16/h3-10H,2,11-13H2,1H3,(H2,19,21,22). The zero-order valence-corrected chi connectivity index (χ0v) is 13.9. The lowest BCUT2D eigenvalue weighted by Gasteiger charge is -2.12. The fraction of sp³-hybridized carbons (Fsp3) is 0.294. The molecule has 2 rings (SSSR count). The number of nitrogens with one attached hydrogen (secondary N) is 2. The number of aliphatic imine (C=N–C) groups is 1. The first-order valence-corrected chi connectivity index (χ1v) is 7.96. The summed E-state index contributed by atoms with van der Waals surface area (Å²) in [6.07, 6.45) is 1.77. The summed E-state index contributed by atoms with van der Waals surface area (Å²) in [5, 5.41) is 7.13. The maximum atomic E-state index is 5.84. The number of nitrogens with zero attached hydrogens (tertiary/aromatic N) is 2. The third-order valence-corrected chi connectivity index (χ3v) is 3.20. The molecule has 6 heteroatoms. The lowest BCUT2D eigenvalue weighted by molar-refractivity contribution is 0.322. The van der Waals surface area contributed by atoms with Crippen LogP contribution in [0.4, 0.5) is 0 Å². The van der Waals surface area contributed by atoms with Crippen LogP contribution in [0.3, 0.4) is 0 Å². The monoisotopic (exact) mass is 332 g/mol. The van der Waals surface area contributed by atoms with E-state index >= 15 is 0 Å². The van der Waals surface area contributed by atoms with E-state index in [1.807, 2.05) is 49.4 Å². The van der Waals surface area contributed by atoms with E-state index in [-0.39, 0.29) is 0 Å². The van der Waals surface area contributed by atoms with Crippen molar-refractivity contribution in [2.75, 3.05) is 19.7 Å². The molecule has 1 aromatic carbocycles. The average molecular weight is 333 g/mol. The second-order valence-electron chi connectivity index (χ2n) is 4.75. The Morgan fingerprint density at radius 2 is 2.00 bits per heavy atom. The minimum absolute atomic E-state index is 0.536. The predicted octanol–water partition coefficient (Wildman–Crippen LogP) is 2.87. The van der Waals surface area contributed by atoms with Crippen LogP contribution in [0.2, 0.25) is 5.02 Å². The molecule has 0 spiro atoms. The molecule has 0 fully saturated rings. The summed E-state index contributed by atoms with van der Waals surface area (Å²) >= 11 is 5.84. The summed E-state index contributed by atoms with van der Waals surface area (Å²) in [5.74, 6) is 1.55. The van der Waals surface area contributed by atoms with Crippen LogP contribution in [0.25, 0.3) is 0 Å². The van der Waals surface area contributed by atoms with Crippen molar-refractivity contribution in [3.63, 3.8) is 0 Å². The first-order chi connectivity index (χ1) is 11.3. The summed E-state index contributed by atoms with van der Waals surface area (Å²) in [5.41, 5.74) is 0.933. The third kappa shape index (κ3) is 6.57. The summed E-state index contributed by atoms with van der Waals surface area (Å²) in [7, 11) is 0. The van der Waals surface area contributed by atoms with Gasteiger partial charge in [-0.2, -0.15) is 0 Å². The Hall–Kier alpha value is -2.27. The van der Waals surface area contributed by atoms with Gasteiger partial charge in [0, 0.05) is 17.8 Å². The predicted molar refractivity (Wildman–Crippen MR) is 94.0 cm³/mol. The second kappa shape index (κ2) is 9.69. The van der Waals surface area contributed by atoms with Gasteiger partial charge in [-0.15, -0.1) is 0 Å². The van der Waals surface area contributed by atoms with Gasteiger partial charge < -0.3 is 15.4 Å². The van der Waals surface area contributed by atoms with Gasteiger partial charge in [0.2, 0.25) is 0 Å². The molecule has 0 atom stereocenters. The Bertz CT molecular complexity index is 602. The molecule has 0 radical (unpaired) electrons. The lowest BCUT2D eigenvalue weighted by Crippen LogP contribution is -2.39. The van der Waals surface area contributed by atoms with Crippen molar-refractivity contribution in [2.24, 2.45) is 4.99 Å². The molecular formula is C17H21ClN4O. The second-order valence-corrected chi connectivity index (χ2v) is 5.18. The maximum Gasteiger partial charge on any atom is 0.191 e. The Morgan fingerprint density at radius 3 is 2.70 bits per heavy atom. The minimum Gasteiger partial charge on any atom is -0.492 e. The number of benzene rings is 1. The first-order valence-electron chi connectivity index (χ1n) is 7.58. The molecule has 122 valence electrons. The summed E-state index contributed by atoms with van der Waals surface area (Å²) in [6.45, 7) is 4.55. The summed E-state index contributed by atoms with van der Waals surface area (Å²) < 4.78 is 5.64. The normalized spacial score (nSPS) is 11.1. The van der Waals surface area contributed by atoms with E-state index in [0.29, 0.717) is 24.7 Å². The van der Waals surface area contributed by atoms with Crippen molar-refractivity contribution in [3.8, 4) is 5.75 Å². The highest BCUT2D eigenvalue weighted by molar-refractivity contribution is 6.30. The van der Waals surface area contributed by atoms with Crippen LogP contribution in [-0.4, -0.2) is 30.6 Å². The maximum absolute atomic E-state index is 5.84. The van der Waals surface area contributed by atoms with Crippen LogP contribution >= 0.6 is 11.6 Å². The van der Waals surface area contributed by atoms with Gasteiger partial charge in [0.15, 0.2) is 5.96 Å². The molecule has 2 N–H and O–H groups in total. The molecule has 5 nitrogen and oxygen atoms in total. The molecule has 0 aliphatic rings. The fourth-order valence-corrected chi connectivity index (χ4v) is 1.99. The molecule has 2 aromatic rings. The van der Waals surface area contributed by atoms with Crippen molar-refractivity contribution in [1.29, 1.82) is 0 Å². The van der Waals surface area contributed by atoms with Gasteiger partial charge in [-0.3, -0.25) is 4.98 Å². The highest BCUT2D eigenvalue weighted by Crippen LogP contribution is 2.15. The molecular weight excluding hydrogens is 312 g/mol. The molecule has 0 aliphatic carbocycles. The zero-order chi connectivity index (χ0) is 16.3.